The second-order valence-corrected chi connectivity index (χ2v) is 6.49. The summed E-state index contributed by atoms with van der Waals surface area (Å²) in [6, 6.07) is 0.168. The number of rotatable bonds is 2. The van der Waals surface area contributed by atoms with Gasteiger partial charge in [0.2, 0.25) is 0 Å². The van der Waals surface area contributed by atoms with Gasteiger partial charge in [-0.2, -0.15) is 17.0 Å². The van der Waals surface area contributed by atoms with E-state index in [2.05, 4.69) is 5.32 Å². The molecule has 2 fully saturated rings. The Balaban J connectivity index is 2.10. The Kier molecular flexibility index (Phi) is 3.84. The highest BCUT2D eigenvalue weighted by Gasteiger charge is 2.35. The summed E-state index contributed by atoms with van der Waals surface area (Å²) in [6.45, 7) is 5.63. The predicted molar refractivity (Wildman–Crippen MR) is 63.4 cm³/mol. The van der Waals surface area contributed by atoms with Crippen LogP contribution in [0.3, 0.4) is 0 Å². The number of hydrogen-bond acceptors (Lipinski definition) is 3. The molecular weight excluding hydrogens is 226 g/mol. The molecule has 2 heterocycles. The van der Waals surface area contributed by atoms with Gasteiger partial charge in [-0.1, -0.05) is 0 Å². The zero-order valence-electron chi connectivity index (χ0n) is 9.85. The molecule has 0 aromatic carbocycles. The van der Waals surface area contributed by atoms with Crippen molar-refractivity contribution in [1.29, 1.82) is 0 Å². The molecule has 0 radical (unpaired) electrons. The molecule has 0 spiro atoms. The summed E-state index contributed by atoms with van der Waals surface area (Å²) < 4.78 is 28.0. The van der Waals surface area contributed by atoms with Crippen LogP contribution in [-0.4, -0.2) is 55.8 Å². The first-order valence-corrected chi connectivity index (χ1v) is 7.50. The Labute approximate surface area is 98.0 Å². The molecule has 1 unspecified atom stereocenters. The fraction of sp³-hybridized carbons (Fsp3) is 1.00. The molecule has 0 aromatic heterocycles. The van der Waals surface area contributed by atoms with Crippen molar-refractivity contribution >= 4 is 10.2 Å². The molecule has 16 heavy (non-hydrogen) atoms. The molecule has 0 aromatic rings. The van der Waals surface area contributed by atoms with E-state index >= 15 is 0 Å². The zero-order valence-corrected chi connectivity index (χ0v) is 10.7. The van der Waals surface area contributed by atoms with E-state index in [1.807, 2.05) is 6.92 Å². The van der Waals surface area contributed by atoms with Crippen molar-refractivity contribution in [2.75, 3.05) is 32.7 Å². The minimum atomic E-state index is -3.21. The summed E-state index contributed by atoms with van der Waals surface area (Å²) in [4.78, 5) is 0. The van der Waals surface area contributed by atoms with Crippen molar-refractivity contribution in [1.82, 2.24) is 13.9 Å². The molecule has 94 valence electrons. The largest absolute Gasteiger partial charge is 0.315 e. The molecule has 0 bridgehead atoms. The first-order chi connectivity index (χ1) is 7.62. The minimum Gasteiger partial charge on any atom is -0.315 e. The summed E-state index contributed by atoms with van der Waals surface area (Å²) >= 11 is 0. The topological polar surface area (TPSA) is 52.7 Å². The molecule has 6 heteroatoms. The van der Waals surface area contributed by atoms with Gasteiger partial charge in [0.25, 0.3) is 10.2 Å². The predicted octanol–water partition coefficient (Wildman–Crippen LogP) is 0.0108. The second-order valence-electron chi connectivity index (χ2n) is 4.61. The first kappa shape index (κ1) is 12.3. The van der Waals surface area contributed by atoms with Crippen LogP contribution in [0.4, 0.5) is 0 Å². The van der Waals surface area contributed by atoms with Crippen LogP contribution >= 0.6 is 0 Å². The van der Waals surface area contributed by atoms with Crippen LogP contribution in [0.15, 0.2) is 0 Å². The van der Waals surface area contributed by atoms with Crippen LogP contribution in [0.25, 0.3) is 0 Å². The lowest BCUT2D eigenvalue weighted by Gasteiger charge is -2.28. The fourth-order valence-corrected chi connectivity index (χ4v) is 4.35. The summed E-state index contributed by atoms with van der Waals surface area (Å²) in [7, 11) is -3.21. The van der Waals surface area contributed by atoms with Crippen molar-refractivity contribution < 1.29 is 8.42 Å². The van der Waals surface area contributed by atoms with Crippen molar-refractivity contribution in [3.8, 4) is 0 Å². The van der Waals surface area contributed by atoms with Crippen LogP contribution in [-0.2, 0) is 10.2 Å². The molecular formula is C10H21N3O2S. The molecule has 2 saturated heterocycles. The van der Waals surface area contributed by atoms with E-state index in [4.69, 9.17) is 0 Å². The molecule has 0 amide bonds. The van der Waals surface area contributed by atoms with Crippen LogP contribution < -0.4 is 5.32 Å². The molecule has 2 aliphatic rings. The molecule has 2 rings (SSSR count). The third-order valence-electron chi connectivity index (χ3n) is 3.41. The highest BCUT2D eigenvalue weighted by molar-refractivity contribution is 7.86. The van der Waals surface area contributed by atoms with Crippen LogP contribution in [0.1, 0.15) is 26.2 Å². The van der Waals surface area contributed by atoms with Crippen molar-refractivity contribution in [3.05, 3.63) is 0 Å². The summed E-state index contributed by atoms with van der Waals surface area (Å²) in [5.74, 6) is 0. The van der Waals surface area contributed by atoms with Crippen LogP contribution in [0, 0.1) is 0 Å². The summed E-state index contributed by atoms with van der Waals surface area (Å²) in [5.41, 5.74) is 0. The molecule has 1 N–H and O–H groups in total. The monoisotopic (exact) mass is 247 g/mol. The van der Waals surface area contributed by atoms with E-state index in [0.29, 0.717) is 19.6 Å². The summed E-state index contributed by atoms with van der Waals surface area (Å²) in [5, 5.41) is 3.23. The lowest BCUT2D eigenvalue weighted by atomic mass is 10.3. The lowest BCUT2D eigenvalue weighted by Crippen LogP contribution is -2.46. The average Bonchev–Trinajstić information content (AvgIpc) is 2.55. The van der Waals surface area contributed by atoms with E-state index in [0.717, 1.165) is 32.4 Å². The van der Waals surface area contributed by atoms with Gasteiger partial charge in [0.05, 0.1) is 0 Å². The lowest BCUT2D eigenvalue weighted by molar-refractivity contribution is 0.340. The van der Waals surface area contributed by atoms with Crippen molar-refractivity contribution in [2.45, 2.75) is 32.2 Å². The van der Waals surface area contributed by atoms with Gasteiger partial charge in [-0.3, -0.25) is 0 Å². The van der Waals surface area contributed by atoms with Gasteiger partial charge in [-0.15, -0.1) is 0 Å². The highest BCUT2D eigenvalue weighted by atomic mass is 32.2. The van der Waals surface area contributed by atoms with Crippen molar-refractivity contribution in [3.63, 3.8) is 0 Å². The van der Waals surface area contributed by atoms with E-state index in [1.54, 1.807) is 8.61 Å². The Morgan fingerprint density at radius 3 is 2.62 bits per heavy atom. The maximum absolute atomic E-state index is 12.4. The SMILES string of the molecule is CC1CCCN1S(=O)(=O)N1CCCNCC1. The van der Waals surface area contributed by atoms with E-state index < -0.39 is 10.2 Å². The van der Waals surface area contributed by atoms with Gasteiger partial charge in [-0.25, -0.2) is 0 Å². The number of hydrogen-bond donors (Lipinski definition) is 1. The van der Waals surface area contributed by atoms with E-state index in [-0.39, 0.29) is 6.04 Å². The second kappa shape index (κ2) is 5.00. The average molecular weight is 247 g/mol. The minimum absolute atomic E-state index is 0.168. The Morgan fingerprint density at radius 2 is 1.94 bits per heavy atom. The maximum atomic E-state index is 12.4. The molecule has 5 nitrogen and oxygen atoms in total. The molecule has 2 aliphatic heterocycles. The number of nitrogens with one attached hydrogen (secondary N) is 1. The van der Waals surface area contributed by atoms with E-state index in [9.17, 15) is 8.42 Å². The van der Waals surface area contributed by atoms with Crippen LogP contribution in [0.5, 0.6) is 0 Å². The quantitative estimate of drug-likeness (QED) is 0.748. The Bertz CT molecular complexity index is 323. The molecule has 0 aliphatic carbocycles. The standard InChI is InChI=1S/C10H21N3O2S/c1-10-4-2-8-13(10)16(14,15)12-7-3-5-11-6-9-12/h10-11H,2-9H2,1H3. The third-order valence-corrected chi connectivity index (χ3v) is 5.57. The van der Waals surface area contributed by atoms with Gasteiger partial charge in [-0.05, 0) is 32.7 Å². The third kappa shape index (κ3) is 2.40. The van der Waals surface area contributed by atoms with Crippen LogP contribution in [0.2, 0.25) is 0 Å². The highest BCUT2D eigenvalue weighted by Crippen LogP contribution is 2.22. The van der Waals surface area contributed by atoms with Crippen molar-refractivity contribution in [2.24, 2.45) is 0 Å². The number of nitrogens with zero attached hydrogens (tertiary/aromatic N) is 2. The van der Waals surface area contributed by atoms with Gasteiger partial charge >= 0.3 is 0 Å². The summed E-state index contributed by atoms with van der Waals surface area (Å²) in [6.07, 6.45) is 2.89. The van der Waals surface area contributed by atoms with Gasteiger partial charge in [0, 0.05) is 32.2 Å². The van der Waals surface area contributed by atoms with Gasteiger partial charge in [0.15, 0.2) is 0 Å². The molecule has 1 atom stereocenters. The Morgan fingerprint density at radius 1 is 1.12 bits per heavy atom. The normalized spacial score (nSPS) is 30.4. The fourth-order valence-electron chi connectivity index (χ4n) is 2.45. The molecule has 0 saturated carbocycles. The zero-order chi connectivity index (χ0) is 11.6. The Hall–Kier alpha value is -0.170. The van der Waals surface area contributed by atoms with E-state index in [1.165, 1.54) is 0 Å². The first-order valence-electron chi connectivity index (χ1n) is 6.10. The smallest absolute Gasteiger partial charge is 0.282 e. The van der Waals surface area contributed by atoms with Gasteiger partial charge < -0.3 is 5.32 Å². The maximum Gasteiger partial charge on any atom is 0.282 e. The van der Waals surface area contributed by atoms with Gasteiger partial charge in [0.1, 0.15) is 0 Å².